The molecule has 0 bridgehead atoms. The molecule has 1 aromatic carbocycles. The van der Waals surface area contributed by atoms with E-state index in [0.29, 0.717) is 17.0 Å². The number of rotatable bonds is 9. The fourth-order valence-electron chi connectivity index (χ4n) is 3.34. The molecule has 0 radical (unpaired) electrons. The quantitative estimate of drug-likeness (QED) is 0.332. The highest BCUT2D eigenvalue weighted by Crippen LogP contribution is 2.37. The van der Waals surface area contributed by atoms with E-state index in [1.165, 1.54) is 25.6 Å². The monoisotopic (exact) mass is 511 g/mol. The number of nitrogens with one attached hydrogen (secondary N) is 3. The number of hydrogen-bond acceptors (Lipinski definition) is 10. The van der Waals surface area contributed by atoms with Gasteiger partial charge in [-0.3, -0.25) is 4.79 Å². The maximum Gasteiger partial charge on any atom is 0.358 e. The molecule has 2 heterocycles. The van der Waals surface area contributed by atoms with Gasteiger partial charge in [0.25, 0.3) is 0 Å². The molecule has 12 nitrogen and oxygen atoms in total. The zero-order valence-electron chi connectivity index (χ0n) is 19.8. The average molecular weight is 512 g/mol. The highest BCUT2D eigenvalue weighted by molar-refractivity contribution is 7.93. The topological polar surface area (TPSA) is 180 Å². The Labute approximate surface area is 207 Å². The minimum Gasteiger partial charge on any atom is -0.494 e. The van der Waals surface area contributed by atoms with Crippen molar-refractivity contribution in [3.05, 3.63) is 42.4 Å². The van der Waals surface area contributed by atoms with Gasteiger partial charge in [-0.25, -0.2) is 23.8 Å². The molecule has 36 heavy (non-hydrogen) atoms. The molecule has 188 valence electrons. The number of benzene rings is 1. The molecule has 1 fully saturated rings. The van der Waals surface area contributed by atoms with Crippen molar-refractivity contribution < 1.29 is 23.6 Å². The summed E-state index contributed by atoms with van der Waals surface area (Å²) in [5.41, 5.74) is 0.632. The van der Waals surface area contributed by atoms with Crippen molar-refractivity contribution in [1.29, 1.82) is 4.78 Å². The summed E-state index contributed by atoms with van der Waals surface area (Å²) in [7, 11) is -1.59. The number of aromatic carboxylic acids is 1. The van der Waals surface area contributed by atoms with Gasteiger partial charge in [0.2, 0.25) is 5.91 Å². The first kappa shape index (κ1) is 25.0. The third kappa shape index (κ3) is 5.10. The number of aromatic nitrogens is 4. The summed E-state index contributed by atoms with van der Waals surface area (Å²) in [6.07, 6.45) is 4.34. The zero-order valence-corrected chi connectivity index (χ0v) is 20.6. The number of nitrogens with zero attached hydrogens (tertiary/aromatic N) is 4. The van der Waals surface area contributed by atoms with E-state index in [2.05, 4.69) is 30.8 Å². The van der Waals surface area contributed by atoms with Crippen LogP contribution >= 0.6 is 0 Å². The standard InChI is InChI=1S/C23H25N7O5S/c1-12(2)36(24,34)14-10-25-21(26-11-14)15-5-4-6-16(20(15)35-3)27-17-9-18(28-22(31)13-7-8-13)29-30-19(17)23(32)33/h4-6,9-13,24H,7-8H2,1-3H3,(H,32,33)(H2,27,28,29,31). The van der Waals surface area contributed by atoms with Crippen molar-refractivity contribution in [3.63, 3.8) is 0 Å². The molecule has 1 atom stereocenters. The van der Waals surface area contributed by atoms with Crippen LogP contribution in [-0.4, -0.2) is 53.7 Å². The first-order valence-corrected chi connectivity index (χ1v) is 12.7. The average Bonchev–Trinajstić information content (AvgIpc) is 3.69. The molecule has 0 saturated heterocycles. The molecule has 13 heteroatoms. The molecule has 1 aliphatic rings. The summed E-state index contributed by atoms with van der Waals surface area (Å²) in [4.78, 5) is 32.7. The number of carboxylic acid groups (broad SMARTS) is 1. The summed E-state index contributed by atoms with van der Waals surface area (Å²) in [5.74, 6) is -0.845. The van der Waals surface area contributed by atoms with Crippen LogP contribution in [0.2, 0.25) is 0 Å². The first-order valence-electron chi connectivity index (χ1n) is 11.1. The maximum absolute atomic E-state index is 12.6. The second kappa shape index (κ2) is 9.85. The Bertz CT molecular complexity index is 1420. The van der Waals surface area contributed by atoms with Crippen LogP contribution in [0, 0.1) is 10.7 Å². The lowest BCUT2D eigenvalue weighted by Gasteiger charge is -2.16. The molecule has 4 N–H and O–H groups in total. The molecule has 3 aromatic rings. The predicted molar refractivity (Wildman–Crippen MR) is 132 cm³/mol. The summed E-state index contributed by atoms with van der Waals surface area (Å²) >= 11 is 0. The minimum atomic E-state index is -3.03. The number of methoxy groups -OCH3 is 1. The van der Waals surface area contributed by atoms with E-state index in [9.17, 15) is 18.9 Å². The molecule has 0 aliphatic heterocycles. The van der Waals surface area contributed by atoms with Crippen LogP contribution in [0.15, 0.2) is 41.6 Å². The van der Waals surface area contributed by atoms with Gasteiger partial charge >= 0.3 is 5.97 Å². The van der Waals surface area contributed by atoms with Gasteiger partial charge < -0.3 is 20.5 Å². The molecular formula is C23H25N7O5S. The van der Waals surface area contributed by atoms with Gasteiger partial charge in [-0.05, 0) is 38.8 Å². The number of amides is 1. The lowest BCUT2D eigenvalue weighted by molar-refractivity contribution is -0.117. The van der Waals surface area contributed by atoms with Crippen LogP contribution in [0.3, 0.4) is 0 Å². The Morgan fingerprint density at radius 1 is 1.17 bits per heavy atom. The smallest absolute Gasteiger partial charge is 0.358 e. The van der Waals surface area contributed by atoms with Gasteiger partial charge in [-0.2, -0.15) is 0 Å². The van der Waals surface area contributed by atoms with Gasteiger partial charge in [-0.1, -0.05) is 6.07 Å². The van der Waals surface area contributed by atoms with Crippen LogP contribution in [0.25, 0.3) is 11.4 Å². The normalized spacial score (nSPS) is 14.7. The highest BCUT2D eigenvalue weighted by atomic mass is 32.2. The van der Waals surface area contributed by atoms with E-state index in [1.54, 1.807) is 32.0 Å². The van der Waals surface area contributed by atoms with Gasteiger partial charge in [-0.15, -0.1) is 10.2 Å². The number of anilines is 3. The van der Waals surface area contributed by atoms with E-state index in [0.717, 1.165) is 12.8 Å². The van der Waals surface area contributed by atoms with Crippen LogP contribution in [0.5, 0.6) is 5.75 Å². The Kier molecular flexibility index (Phi) is 6.84. The third-order valence-corrected chi connectivity index (χ3v) is 7.81. The Morgan fingerprint density at radius 3 is 2.44 bits per heavy atom. The van der Waals surface area contributed by atoms with E-state index in [4.69, 9.17) is 9.52 Å². The maximum atomic E-state index is 12.6. The van der Waals surface area contributed by atoms with Crippen LogP contribution < -0.4 is 15.4 Å². The van der Waals surface area contributed by atoms with Crippen LogP contribution in [-0.2, 0) is 14.5 Å². The number of carboxylic acids is 1. The first-order chi connectivity index (χ1) is 17.1. The Hall–Kier alpha value is -4.13. The predicted octanol–water partition coefficient (Wildman–Crippen LogP) is 3.55. The second-order valence-corrected chi connectivity index (χ2v) is 11.1. The van der Waals surface area contributed by atoms with Crippen LogP contribution in [0.1, 0.15) is 37.2 Å². The molecule has 1 saturated carbocycles. The van der Waals surface area contributed by atoms with Crippen molar-refractivity contribution in [1.82, 2.24) is 20.2 Å². The summed E-state index contributed by atoms with van der Waals surface area (Å²) in [5, 5.41) is 22.4. The molecule has 4 rings (SSSR count). The highest BCUT2D eigenvalue weighted by Gasteiger charge is 2.30. The van der Waals surface area contributed by atoms with Crippen molar-refractivity contribution in [2.75, 3.05) is 17.7 Å². The third-order valence-electron chi connectivity index (χ3n) is 5.57. The van der Waals surface area contributed by atoms with Gasteiger partial charge in [0, 0.05) is 29.6 Å². The number of para-hydroxylation sites is 1. The van der Waals surface area contributed by atoms with E-state index < -0.39 is 20.9 Å². The van der Waals surface area contributed by atoms with E-state index >= 15 is 0 Å². The molecule has 1 aliphatic carbocycles. The van der Waals surface area contributed by atoms with Gasteiger partial charge in [0.15, 0.2) is 23.1 Å². The number of hydrogen-bond donors (Lipinski definition) is 4. The molecule has 0 spiro atoms. The van der Waals surface area contributed by atoms with Crippen molar-refractivity contribution in [3.8, 4) is 17.1 Å². The fraction of sp³-hybridized carbons (Fsp3) is 0.304. The Morgan fingerprint density at radius 2 is 1.86 bits per heavy atom. The summed E-state index contributed by atoms with van der Waals surface area (Å²) in [6.45, 7) is 3.40. The molecule has 1 unspecified atom stereocenters. The summed E-state index contributed by atoms with van der Waals surface area (Å²) < 4.78 is 26.3. The SMILES string of the molecule is COc1c(Nc2cc(NC(=O)C3CC3)nnc2C(=O)O)cccc1-c1ncc(S(=N)(=O)C(C)C)cn1. The number of ether oxygens (including phenoxy) is 1. The van der Waals surface area contributed by atoms with Gasteiger partial charge in [0.1, 0.15) is 0 Å². The lowest BCUT2D eigenvalue weighted by Crippen LogP contribution is -2.16. The van der Waals surface area contributed by atoms with Crippen molar-refractivity contribution in [2.24, 2.45) is 5.92 Å². The van der Waals surface area contributed by atoms with Crippen molar-refractivity contribution in [2.45, 2.75) is 36.8 Å². The Balaban J connectivity index is 1.69. The zero-order chi connectivity index (χ0) is 26.0. The van der Waals surface area contributed by atoms with Crippen LogP contribution in [0.4, 0.5) is 17.2 Å². The number of carbonyl (C=O) groups is 2. The largest absolute Gasteiger partial charge is 0.494 e. The van der Waals surface area contributed by atoms with E-state index in [-0.39, 0.29) is 39.7 Å². The lowest BCUT2D eigenvalue weighted by atomic mass is 10.1. The fourth-order valence-corrected chi connectivity index (χ4v) is 4.30. The van der Waals surface area contributed by atoms with E-state index in [1.807, 2.05) is 0 Å². The van der Waals surface area contributed by atoms with Gasteiger partial charge in [0.05, 0.1) is 38.7 Å². The molecule has 2 aromatic heterocycles. The molecule has 1 amide bonds. The second-order valence-electron chi connectivity index (χ2n) is 8.46. The number of carbonyl (C=O) groups excluding carboxylic acids is 1. The summed E-state index contributed by atoms with van der Waals surface area (Å²) in [6, 6.07) is 6.47. The van der Waals surface area contributed by atoms with Crippen molar-refractivity contribution >= 4 is 38.8 Å². The minimum absolute atomic E-state index is 0.0607. The molecular weight excluding hydrogens is 486 g/mol.